The summed E-state index contributed by atoms with van der Waals surface area (Å²) in [6, 6.07) is 5.92. The average Bonchev–Trinajstić information content (AvgIpc) is 2.39. The number of hydrogen-bond acceptors (Lipinski definition) is 3. The Morgan fingerprint density at radius 3 is 2.23 bits per heavy atom. The van der Waals surface area contributed by atoms with Gasteiger partial charge in [0.15, 0.2) is 11.6 Å². The molecule has 0 atom stereocenters. The Labute approximate surface area is 138 Å². The van der Waals surface area contributed by atoms with Gasteiger partial charge < -0.3 is 5.32 Å². The molecule has 0 aliphatic heterocycles. The molecular formula is C13H10F3IN2O2S. The van der Waals surface area contributed by atoms with Gasteiger partial charge in [0, 0.05) is 3.57 Å². The van der Waals surface area contributed by atoms with E-state index < -0.39 is 33.2 Å². The van der Waals surface area contributed by atoms with E-state index in [9.17, 15) is 21.6 Å². The fourth-order valence-corrected chi connectivity index (χ4v) is 2.71. The molecule has 118 valence electrons. The number of rotatable bonds is 4. The molecule has 0 aliphatic carbocycles. The van der Waals surface area contributed by atoms with E-state index in [1.54, 1.807) is 6.07 Å². The molecule has 0 fully saturated rings. The lowest BCUT2D eigenvalue weighted by Crippen LogP contribution is -2.12. The maximum Gasteiger partial charge on any atom is 0.229 e. The second-order valence-electron chi connectivity index (χ2n) is 4.41. The number of hydrogen-bond donors (Lipinski definition) is 2. The van der Waals surface area contributed by atoms with Crippen LogP contribution in [0.4, 0.5) is 30.2 Å². The highest BCUT2D eigenvalue weighted by Gasteiger charge is 2.17. The van der Waals surface area contributed by atoms with Crippen LogP contribution >= 0.6 is 22.6 Å². The van der Waals surface area contributed by atoms with Gasteiger partial charge in [-0.3, -0.25) is 4.72 Å². The van der Waals surface area contributed by atoms with Crippen LogP contribution in [0.3, 0.4) is 0 Å². The molecule has 0 amide bonds. The van der Waals surface area contributed by atoms with Gasteiger partial charge in [-0.05, 0) is 52.9 Å². The predicted molar refractivity (Wildman–Crippen MR) is 87.2 cm³/mol. The molecule has 2 aromatic carbocycles. The van der Waals surface area contributed by atoms with Crippen molar-refractivity contribution in [1.29, 1.82) is 0 Å². The maximum absolute atomic E-state index is 13.9. The summed E-state index contributed by atoms with van der Waals surface area (Å²) < 4.78 is 66.4. The molecule has 2 N–H and O–H groups in total. The van der Waals surface area contributed by atoms with Gasteiger partial charge in [-0.2, -0.15) is 0 Å². The van der Waals surface area contributed by atoms with Crippen molar-refractivity contribution in [1.82, 2.24) is 0 Å². The second kappa shape index (κ2) is 6.32. The molecule has 0 heterocycles. The van der Waals surface area contributed by atoms with Crippen LogP contribution in [-0.4, -0.2) is 14.7 Å². The third kappa shape index (κ3) is 4.03. The Hall–Kier alpha value is -1.49. The first kappa shape index (κ1) is 16.9. The van der Waals surface area contributed by atoms with E-state index in [1.165, 1.54) is 12.1 Å². The minimum Gasteiger partial charge on any atom is -0.349 e. The van der Waals surface area contributed by atoms with Crippen molar-refractivity contribution in [3.63, 3.8) is 0 Å². The molecule has 2 rings (SSSR count). The van der Waals surface area contributed by atoms with Crippen LogP contribution in [0.1, 0.15) is 0 Å². The molecule has 4 nitrogen and oxygen atoms in total. The predicted octanol–water partition coefficient (Wildman–Crippen LogP) is 3.82. The van der Waals surface area contributed by atoms with Gasteiger partial charge >= 0.3 is 0 Å². The van der Waals surface area contributed by atoms with E-state index in [0.717, 1.165) is 18.4 Å². The van der Waals surface area contributed by atoms with Crippen LogP contribution in [0, 0.1) is 21.0 Å². The largest absolute Gasteiger partial charge is 0.349 e. The molecule has 2 aromatic rings. The quantitative estimate of drug-likeness (QED) is 0.709. The molecule has 0 unspecified atom stereocenters. The zero-order valence-electron chi connectivity index (χ0n) is 11.1. The van der Waals surface area contributed by atoms with Crippen molar-refractivity contribution < 1.29 is 21.6 Å². The summed E-state index contributed by atoms with van der Waals surface area (Å²) in [6.45, 7) is 0. The van der Waals surface area contributed by atoms with Crippen LogP contribution in [0.25, 0.3) is 0 Å². The van der Waals surface area contributed by atoms with Gasteiger partial charge in [-0.15, -0.1) is 0 Å². The minimum atomic E-state index is -3.71. The summed E-state index contributed by atoms with van der Waals surface area (Å²) in [7, 11) is -3.71. The topological polar surface area (TPSA) is 58.2 Å². The van der Waals surface area contributed by atoms with Gasteiger partial charge in [-0.25, -0.2) is 21.6 Å². The smallest absolute Gasteiger partial charge is 0.229 e. The Balaban J connectivity index is 2.50. The van der Waals surface area contributed by atoms with Gasteiger partial charge in [0.1, 0.15) is 11.5 Å². The number of nitrogens with one attached hydrogen (secondary N) is 2. The Morgan fingerprint density at radius 1 is 1.00 bits per heavy atom. The van der Waals surface area contributed by atoms with Crippen molar-refractivity contribution in [3.8, 4) is 0 Å². The van der Waals surface area contributed by atoms with Crippen LogP contribution in [0.15, 0.2) is 30.3 Å². The molecule has 0 saturated carbocycles. The summed E-state index contributed by atoms with van der Waals surface area (Å²) in [5.41, 5.74) is -0.827. The molecule has 0 bridgehead atoms. The molecule has 0 saturated heterocycles. The average molecular weight is 442 g/mol. The molecule has 0 aromatic heterocycles. The van der Waals surface area contributed by atoms with E-state index in [1.807, 2.05) is 27.3 Å². The number of halogens is 4. The van der Waals surface area contributed by atoms with E-state index >= 15 is 0 Å². The van der Waals surface area contributed by atoms with Gasteiger partial charge in [0.05, 0.1) is 17.6 Å². The normalized spacial score (nSPS) is 11.3. The Kier molecular flexibility index (Phi) is 4.85. The molecule has 9 heteroatoms. The van der Waals surface area contributed by atoms with Crippen LogP contribution in [0.2, 0.25) is 0 Å². The summed E-state index contributed by atoms with van der Waals surface area (Å²) >= 11 is 1.90. The first-order valence-corrected chi connectivity index (χ1v) is 8.82. The third-order valence-corrected chi connectivity index (χ3v) is 3.84. The standard InChI is InChI=1S/C13H10F3IN2O2S/c1-22(20,21)19-11-5-3-8(14)12(16)13(11)18-10-4-2-7(17)6-9(10)15/h2-6,18-19H,1H3. The molecule has 22 heavy (non-hydrogen) atoms. The Morgan fingerprint density at radius 2 is 1.64 bits per heavy atom. The first-order chi connectivity index (χ1) is 10.2. The monoisotopic (exact) mass is 442 g/mol. The van der Waals surface area contributed by atoms with Crippen molar-refractivity contribution in [2.45, 2.75) is 0 Å². The van der Waals surface area contributed by atoms with Gasteiger partial charge in [-0.1, -0.05) is 0 Å². The second-order valence-corrected chi connectivity index (χ2v) is 7.40. The first-order valence-electron chi connectivity index (χ1n) is 5.85. The Bertz CT molecular complexity index is 828. The number of sulfonamides is 1. The zero-order valence-corrected chi connectivity index (χ0v) is 14.1. The SMILES string of the molecule is CS(=O)(=O)Nc1ccc(F)c(F)c1Nc1ccc(I)cc1F. The van der Waals surface area contributed by atoms with Crippen molar-refractivity contribution >= 4 is 49.7 Å². The van der Waals surface area contributed by atoms with Crippen LogP contribution in [-0.2, 0) is 10.0 Å². The van der Waals surface area contributed by atoms with Crippen molar-refractivity contribution in [2.24, 2.45) is 0 Å². The molecule has 0 spiro atoms. The molecular weight excluding hydrogens is 432 g/mol. The number of benzene rings is 2. The van der Waals surface area contributed by atoms with E-state index in [0.29, 0.717) is 3.57 Å². The summed E-state index contributed by atoms with van der Waals surface area (Å²) in [4.78, 5) is 0. The maximum atomic E-state index is 13.9. The fourth-order valence-electron chi connectivity index (χ4n) is 1.68. The van der Waals surface area contributed by atoms with Crippen molar-refractivity contribution in [2.75, 3.05) is 16.3 Å². The highest BCUT2D eigenvalue weighted by Crippen LogP contribution is 2.32. The van der Waals surface area contributed by atoms with Gasteiger partial charge in [0.25, 0.3) is 0 Å². The summed E-state index contributed by atoms with van der Waals surface area (Å²) in [5, 5.41) is 2.38. The lowest BCUT2D eigenvalue weighted by molar-refractivity contribution is 0.512. The van der Waals surface area contributed by atoms with E-state index in [4.69, 9.17) is 0 Å². The van der Waals surface area contributed by atoms with Gasteiger partial charge in [0.2, 0.25) is 10.0 Å². The van der Waals surface area contributed by atoms with E-state index in [-0.39, 0.29) is 11.4 Å². The summed E-state index contributed by atoms with van der Waals surface area (Å²) in [5.74, 6) is -3.18. The highest BCUT2D eigenvalue weighted by atomic mass is 127. The van der Waals surface area contributed by atoms with Crippen LogP contribution in [0.5, 0.6) is 0 Å². The molecule has 0 radical (unpaired) electrons. The van der Waals surface area contributed by atoms with Crippen LogP contribution < -0.4 is 10.0 Å². The molecule has 0 aliphatic rings. The van der Waals surface area contributed by atoms with E-state index in [2.05, 4.69) is 5.32 Å². The van der Waals surface area contributed by atoms with Crippen molar-refractivity contribution in [3.05, 3.63) is 51.4 Å². The highest BCUT2D eigenvalue weighted by molar-refractivity contribution is 14.1. The minimum absolute atomic E-state index is 0.110. The number of anilines is 3. The lowest BCUT2D eigenvalue weighted by Gasteiger charge is -2.15. The fraction of sp³-hybridized carbons (Fsp3) is 0.0769. The third-order valence-electron chi connectivity index (χ3n) is 2.58. The zero-order chi connectivity index (χ0) is 16.5. The lowest BCUT2D eigenvalue weighted by atomic mass is 10.2. The summed E-state index contributed by atoms with van der Waals surface area (Å²) in [6.07, 6.45) is 0.865.